The van der Waals surface area contributed by atoms with Crippen molar-refractivity contribution in [2.24, 2.45) is 5.73 Å². The van der Waals surface area contributed by atoms with Gasteiger partial charge in [0.25, 0.3) is 0 Å². The summed E-state index contributed by atoms with van der Waals surface area (Å²) in [5.74, 6) is 0.450. The van der Waals surface area contributed by atoms with Gasteiger partial charge in [0.1, 0.15) is 5.75 Å². The number of hydrogen-bond acceptors (Lipinski definition) is 4. The van der Waals surface area contributed by atoms with Gasteiger partial charge in [-0.3, -0.25) is 4.79 Å². The Labute approximate surface area is 102 Å². The third-order valence-corrected chi connectivity index (χ3v) is 2.27. The summed E-state index contributed by atoms with van der Waals surface area (Å²) >= 11 is 0. The van der Waals surface area contributed by atoms with Gasteiger partial charge in [-0.25, -0.2) is 0 Å². The highest BCUT2D eigenvalue weighted by Gasteiger charge is 2.12. The Balaban J connectivity index is 2.73. The molecule has 0 saturated heterocycles. The normalized spacial score (nSPS) is 12.3. The molecule has 0 aromatic heterocycles. The van der Waals surface area contributed by atoms with E-state index in [1.54, 1.807) is 0 Å². The average Bonchev–Trinajstić information content (AvgIpc) is 2.28. The number of rotatable bonds is 5. The van der Waals surface area contributed by atoms with Crippen molar-refractivity contribution in [1.29, 1.82) is 0 Å². The van der Waals surface area contributed by atoms with Crippen molar-refractivity contribution >= 4 is 5.97 Å². The lowest BCUT2D eigenvalue weighted by Crippen LogP contribution is -2.16. The van der Waals surface area contributed by atoms with E-state index in [0.29, 0.717) is 0 Å². The molecule has 2 N–H and O–H groups in total. The number of ether oxygens (including phenoxy) is 2. The van der Waals surface area contributed by atoms with E-state index in [0.717, 1.165) is 11.3 Å². The van der Waals surface area contributed by atoms with Gasteiger partial charge in [-0.2, -0.15) is 0 Å². The Morgan fingerprint density at radius 1 is 1.41 bits per heavy atom. The molecule has 1 rings (SSSR count). The van der Waals surface area contributed by atoms with Gasteiger partial charge in [-0.15, -0.1) is 0 Å². The fraction of sp³-hybridized carbons (Fsp3) is 0.462. The topological polar surface area (TPSA) is 61.5 Å². The molecule has 0 aliphatic rings. The summed E-state index contributed by atoms with van der Waals surface area (Å²) in [5, 5.41) is 0. The second kappa shape index (κ2) is 6.25. The number of hydrogen-bond donors (Lipinski definition) is 1. The minimum Gasteiger partial charge on any atom is -0.491 e. The van der Waals surface area contributed by atoms with Gasteiger partial charge < -0.3 is 15.2 Å². The van der Waals surface area contributed by atoms with E-state index in [-0.39, 0.29) is 24.5 Å². The predicted molar refractivity (Wildman–Crippen MR) is 65.8 cm³/mol. The number of esters is 1. The van der Waals surface area contributed by atoms with Crippen LogP contribution in [-0.4, -0.2) is 19.2 Å². The quantitative estimate of drug-likeness (QED) is 0.796. The summed E-state index contributed by atoms with van der Waals surface area (Å²) in [7, 11) is 1.35. The smallest absolute Gasteiger partial charge is 0.307 e. The molecule has 0 amide bonds. The summed E-state index contributed by atoms with van der Waals surface area (Å²) in [6.45, 7) is 3.92. The lowest BCUT2D eigenvalue weighted by Gasteiger charge is -2.14. The summed E-state index contributed by atoms with van der Waals surface area (Å²) in [6, 6.07) is 7.10. The highest BCUT2D eigenvalue weighted by atomic mass is 16.5. The summed E-state index contributed by atoms with van der Waals surface area (Å²) in [4.78, 5) is 11.1. The zero-order chi connectivity index (χ0) is 12.8. The first-order valence-electron chi connectivity index (χ1n) is 5.62. The van der Waals surface area contributed by atoms with Gasteiger partial charge in [0.05, 0.1) is 19.6 Å². The highest BCUT2D eigenvalue weighted by Crippen LogP contribution is 2.21. The fourth-order valence-corrected chi connectivity index (χ4v) is 1.47. The Bertz CT molecular complexity index is 377. The lowest BCUT2D eigenvalue weighted by molar-refractivity contribution is -0.141. The first kappa shape index (κ1) is 13.5. The van der Waals surface area contributed by atoms with Gasteiger partial charge in [0.2, 0.25) is 0 Å². The van der Waals surface area contributed by atoms with E-state index in [9.17, 15) is 4.79 Å². The Kier molecular flexibility index (Phi) is 4.97. The lowest BCUT2D eigenvalue weighted by atomic mass is 10.0. The van der Waals surface area contributed by atoms with Crippen LogP contribution in [0.2, 0.25) is 0 Å². The molecule has 17 heavy (non-hydrogen) atoms. The van der Waals surface area contributed by atoms with Crippen LogP contribution in [0.15, 0.2) is 24.3 Å². The van der Waals surface area contributed by atoms with E-state index in [4.69, 9.17) is 10.5 Å². The molecular formula is C13H19NO3. The Hall–Kier alpha value is -1.55. The monoisotopic (exact) mass is 237 g/mol. The van der Waals surface area contributed by atoms with Crippen molar-refractivity contribution in [3.05, 3.63) is 29.8 Å². The Morgan fingerprint density at radius 2 is 2.12 bits per heavy atom. The van der Waals surface area contributed by atoms with Crippen LogP contribution in [0, 0.1) is 0 Å². The van der Waals surface area contributed by atoms with Gasteiger partial charge >= 0.3 is 5.97 Å². The van der Waals surface area contributed by atoms with Crippen LogP contribution in [-0.2, 0) is 9.53 Å². The van der Waals surface area contributed by atoms with Crippen molar-refractivity contribution in [3.63, 3.8) is 0 Å². The minimum absolute atomic E-state index is 0.113. The molecule has 1 atom stereocenters. The maximum absolute atomic E-state index is 11.1. The molecule has 0 fully saturated rings. The van der Waals surface area contributed by atoms with Gasteiger partial charge in [0.15, 0.2) is 0 Å². The van der Waals surface area contributed by atoms with Crippen LogP contribution in [0.1, 0.15) is 31.9 Å². The number of methoxy groups -OCH3 is 1. The largest absolute Gasteiger partial charge is 0.491 e. The standard InChI is InChI=1S/C13H19NO3/c1-9(2)17-11-6-4-5-10(7-11)12(14)8-13(15)16-3/h4-7,9,12H,8,14H2,1-3H3. The van der Waals surface area contributed by atoms with Crippen molar-refractivity contribution < 1.29 is 14.3 Å². The third kappa shape index (κ3) is 4.44. The third-order valence-electron chi connectivity index (χ3n) is 2.27. The number of carbonyl (C=O) groups is 1. The van der Waals surface area contributed by atoms with Crippen LogP contribution in [0.25, 0.3) is 0 Å². The van der Waals surface area contributed by atoms with Crippen LogP contribution in [0.4, 0.5) is 0 Å². The molecule has 4 nitrogen and oxygen atoms in total. The predicted octanol–water partition coefficient (Wildman–Crippen LogP) is 2.04. The molecule has 1 aromatic rings. The zero-order valence-corrected chi connectivity index (χ0v) is 10.5. The average molecular weight is 237 g/mol. The number of carbonyl (C=O) groups excluding carboxylic acids is 1. The molecule has 0 aliphatic carbocycles. The van der Waals surface area contributed by atoms with E-state index < -0.39 is 0 Å². The second-order valence-corrected chi connectivity index (χ2v) is 4.13. The minimum atomic E-state index is -0.363. The molecule has 0 saturated carbocycles. The molecule has 1 unspecified atom stereocenters. The van der Waals surface area contributed by atoms with Crippen molar-refractivity contribution in [2.45, 2.75) is 32.4 Å². The maximum Gasteiger partial charge on any atom is 0.307 e. The molecule has 4 heteroatoms. The molecule has 0 heterocycles. The summed E-state index contributed by atoms with van der Waals surface area (Å²) in [6.07, 6.45) is 0.281. The molecular weight excluding hydrogens is 218 g/mol. The van der Waals surface area contributed by atoms with Crippen LogP contribution in [0.3, 0.4) is 0 Å². The molecule has 0 radical (unpaired) electrons. The van der Waals surface area contributed by atoms with Crippen LogP contribution < -0.4 is 10.5 Å². The summed E-state index contributed by atoms with van der Waals surface area (Å²) < 4.78 is 10.2. The van der Waals surface area contributed by atoms with Crippen molar-refractivity contribution in [1.82, 2.24) is 0 Å². The van der Waals surface area contributed by atoms with Crippen LogP contribution >= 0.6 is 0 Å². The van der Waals surface area contributed by atoms with E-state index in [1.165, 1.54) is 7.11 Å². The van der Waals surface area contributed by atoms with E-state index in [1.807, 2.05) is 38.1 Å². The van der Waals surface area contributed by atoms with Crippen molar-refractivity contribution in [2.75, 3.05) is 7.11 Å². The van der Waals surface area contributed by atoms with Crippen LogP contribution in [0.5, 0.6) is 5.75 Å². The molecule has 94 valence electrons. The van der Waals surface area contributed by atoms with Gasteiger partial charge in [0, 0.05) is 6.04 Å². The first-order valence-corrected chi connectivity index (χ1v) is 5.62. The molecule has 0 spiro atoms. The van der Waals surface area contributed by atoms with E-state index in [2.05, 4.69) is 4.74 Å². The second-order valence-electron chi connectivity index (χ2n) is 4.13. The van der Waals surface area contributed by atoms with Crippen molar-refractivity contribution in [3.8, 4) is 5.75 Å². The molecule has 1 aromatic carbocycles. The molecule has 0 bridgehead atoms. The number of benzene rings is 1. The fourth-order valence-electron chi connectivity index (χ4n) is 1.47. The Morgan fingerprint density at radius 3 is 2.71 bits per heavy atom. The van der Waals surface area contributed by atoms with Gasteiger partial charge in [-0.1, -0.05) is 12.1 Å². The SMILES string of the molecule is COC(=O)CC(N)c1cccc(OC(C)C)c1. The number of nitrogens with two attached hydrogens (primary N) is 1. The first-order chi connectivity index (χ1) is 8.02. The maximum atomic E-state index is 11.1. The zero-order valence-electron chi connectivity index (χ0n) is 10.5. The molecule has 0 aliphatic heterocycles. The van der Waals surface area contributed by atoms with Gasteiger partial charge in [-0.05, 0) is 31.5 Å². The van der Waals surface area contributed by atoms with E-state index >= 15 is 0 Å². The summed E-state index contributed by atoms with van der Waals surface area (Å²) in [5.41, 5.74) is 6.78. The highest BCUT2D eigenvalue weighted by molar-refractivity contribution is 5.70.